The van der Waals surface area contributed by atoms with Crippen LogP contribution in [0.15, 0.2) is 59.5 Å². The fourth-order valence-corrected chi connectivity index (χ4v) is 5.16. The van der Waals surface area contributed by atoms with Crippen LogP contribution in [0.2, 0.25) is 0 Å². The van der Waals surface area contributed by atoms with Crippen LogP contribution < -0.4 is 4.90 Å². The van der Waals surface area contributed by atoms with Crippen molar-refractivity contribution in [3.63, 3.8) is 0 Å². The molecule has 0 aliphatic carbocycles. The number of thiocarbonyl (C=S) groups is 1. The van der Waals surface area contributed by atoms with Crippen LogP contribution in [0.5, 0.6) is 0 Å². The Morgan fingerprint density at radius 2 is 1.86 bits per heavy atom. The first-order chi connectivity index (χ1) is 16.7. The molecule has 0 atom stereocenters. The van der Waals surface area contributed by atoms with E-state index in [1.165, 1.54) is 23.1 Å². The van der Waals surface area contributed by atoms with Gasteiger partial charge in [0.05, 0.1) is 27.7 Å². The van der Waals surface area contributed by atoms with Crippen molar-refractivity contribution in [1.29, 1.82) is 0 Å². The molecule has 2 aromatic carbocycles. The van der Waals surface area contributed by atoms with E-state index in [-0.39, 0.29) is 17.6 Å². The van der Waals surface area contributed by atoms with E-state index in [1.807, 2.05) is 36.6 Å². The number of carbonyl (C=O) groups is 2. The lowest BCUT2D eigenvalue weighted by Gasteiger charge is -2.14. The Kier molecular flexibility index (Phi) is 6.86. The van der Waals surface area contributed by atoms with Gasteiger partial charge in [-0.1, -0.05) is 30.0 Å². The van der Waals surface area contributed by atoms with E-state index in [0.29, 0.717) is 27.1 Å². The number of nitro groups is 1. The van der Waals surface area contributed by atoms with E-state index in [2.05, 4.69) is 0 Å². The zero-order chi connectivity index (χ0) is 25.3. The largest absolute Gasteiger partial charge is 0.462 e. The number of benzene rings is 2. The van der Waals surface area contributed by atoms with Crippen molar-refractivity contribution in [2.45, 2.75) is 20.8 Å². The normalized spacial score (nSPS) is 14.6. The van der Waals surface area contributed by atoms with Gasteiger partial charge < -0.3 is 9.30 Å². The number of rotatable bonds is 6. The molecule has 1 saturated heterocycles. The molecule has 8 nitrogen and oxygen atoms in total. The second kappa shape index (κ2) is 9.85. The number of hydrogen-bond acceptors (Lipinski definition) is 7. The lowest BCUT2D eigenvalue weighted by Crippen LogP contribution is -2.27. The van der Waals surface area contributed by atoms with E-state index in [1.54, 1.807) is 31.2 Å². The molecule has 0 spiro atoms. The van der Waals surface area contributed by atoms with Gasteiger partial charge in [0, 0.05) is 29.2 Å². The van der Waals surface area contributed by atoms with Gasteiger partial charge in [-0.15, -0.1) is 0 Å². The summed E-state index contributed by atoms with van der Waals surface area (Å²) >= 11 is 6.56. The number of thioether (sulfide) groups is 1. The number of aryl methyl sites for hydroxylation is 1. The van der Waals surface area contributed by atoms with Crippen LogP contribution in [0.3, 0.4) is 0 Å². The summed E-state index contributed by atoms with van der Waals surface area (Å²) in [5, 5.41) is 11.1. The number of nitrogens with zero attached hydrogens (tertiary/aromatic N) is 3. The Morgan fingerprint density at radius 3 is 2.51 bits per heavy atom. The van der Waals surface area contributed by atoms with Crippen LogP contribution in [0, 0.1) is 24.0 Å². The number of ether oxygens (including phenoxy) is 1. The van der Waals surface area contributed by atoms with Gasteiger partial charge in [-0.2, -0.15) is 0 Å². The zero-order valence-electron chi connectivity index (χ0n) is 19.2. The molecule has 1 aromatic heterocycles. The molecule has 0 bridgehead atoms. The second-order valence-corrected chi connectivity index (χ2v) is 9.40. The average molecular weight is 508 g/mol. The van der Waals surface area contributed by atoms with Crippen molar-refractivity contribution in [2.75, 3.05) is 11.5 Å². The number of anilines is 1. The van der Waals surface area contributed by atoms with Crippen molar-refractivity contribution >= 4 is 57.6 Å². The summed E-state index contributed by atoms with van der Waals surface area (Å²) in [4.78, 5) is 37.5. The lowest BCUT2D eigenvalue weighted by molar-refractivity contribution is -0.384. The summed E-state index contributed by atoms with van der Waals surface area (Å²) in [6.45, 7) is 5.97. The Hall–Kier alpha value is -3.76. The molecule has 35 heavy (non-hydrogen) atoms. The predicted octanol–water partition coefficient (Wildman–Crippen LogP) is 5.58. The van der Waals surface area contributed by atoms with Gasteiger partial charge in [0.2, 0.25) is 0 Å². The van der Waals surface area contributed by atoms with Crippen molar-refractivity contribution in [3.05, 3.63) is 92.1 Å². The number of carbonyl (C=O) groups excluding carboxylic acids is 2. The first-order valence-corrected chi connectivity index (χ1v) is 11.9. The summed E-state index contributed by atoms with van der Waals surface area (Å²) in [5.74, 6) is -0.699. The second-order valence-electron chi connectivity index (χ2n) is 7.72. The van der Waals surface area contributed by atoms with Gasteiger partial charge >= 0.3 is 5.97 Å². The quantitative estimate of drug-likeness (QED) is 0.141. The van der Waals surface area contributed by atoms with Crippen LogP contribution >= 0.6 is 24.0 Å². The highest BCUT2D eigenvalue weighted by atomic mass is 32.2. The third kappa shape index (κ3) is 4.75. The topological polar surface area (TPSA) is 94.7 Å². The Morgan fingerprint density at radius 1 is 1.14 bits per heavy atom. The lowest BCUT2D eigenvalue weighted by atomic mass is 10.2. The molecule has 0 saturated carbocycles. The van der Waals surface area contributed by atoms with Crippen LogP contribution in [0.1, 0.15) is 34.2 Å². The van der Waals surface area contributed by atoms with Crippen molar-refractivity contribution < 1.29 is 19.2 Å². The van der Waals surface area contributed by atoms with Gasteiger partial charge in [-0.3, -0.25) is 19.8 Å². The van der Waals surface area contributed by atoms with Crippen LogP contribution in [0.4, 0.5) is 11.4 Å². The Labute approximate surface area is 211 Å². The molecule has 4 rings (SSSR count). The highest BCUT2D eigenvalue weighted by Crippen LogP contribution is 2.37. The van der Waals surface area contributed by atoms with Crippen LogP contribution in [-0.2, 0) is 9.53 Å². The summed E-state index contributed by atoms with van der Waals surface area (Å²) < 4.78 is 7.38. The molecule has 0 radical (unpaired) electrons. The average Bonchev–Trinajstić information content (AvgIpc) is 3.27. The zero-order valence-corrected chi connectivity index (χ0v) is 20.8. The van der Waals surface area contributed by atoms with E-state index < -0.39 is 4.92 Å². The first kappa shape index (κ1) is 24.4. The molecule has 1 fully saturated rings. The fourth-order valence-electron chi connectivity index (χ4n) is 3.87. The number of esters is 1. The van der Waals surface area contributed by atoms with Gasteiger partial charge in [-0.25, -0.2) is 4.79 Å². The van der Waals surface area contributed by atoms with Crippen LogP contribution in [0.25, 0.3) is 11.8 Å². The van der Waals surface area contributed by atoms with Crippen LogP contribution in [-0.4, -0.2) is 32.3 Å². The fraction of sp³-hybridized carbons (Fsp3) is 0.160. The molecule has 1 aliphatic heterocycles. The minimum absolute atomic E-state index is 0.113. The number of aromatic nitrogens is 1. The predicted molar refractivity (Wildman–Crippen MR) is 140 cm³/mol. The molecular formula is C25H21N3O5S2. The van der Waals surface area contributed by atoms with Crippen molar-refractivity contribution in [2.24, 2.45) is 0 Å². The van der Waals surface area contributed by atoms with E-state index in [9.17, 15) is 19.7 Å². The minimum atomic E-state index is -0.509. The molecule has 2 heterocycles. The summed E-state index contributed by atoms with van der Waals surface area (Å²) in [6, 6.07) is 14.9. The third-order valence-corrected chi connectivity index (χ3v) is 6.79. The number of hydrogen-bond donors (Lipinski definition) is 0. The maximum absolute atomic E-state index is 13.2. The summed E-state index contributed by atoms with van der Waals surface area (Å²) in [5.41, 5.74) is 4.30. The van der Waals surface area contributed by atoms with Gasteiger partial charge in [0.15, 0.2) is 4.32 Å². The molecular weight excluding hydrogens is 486 g/mol. The monoisotopic (exact) mass is 507 g/mol. The third-order valence-electron chi connectivity index (χ3n) is 5.49. The molecule has 178 valence electrons. The van der Waals surface area contributed by atoms with Crippen molar-refractivity contribution in [1.82, 2.24) is 4.57 Å². The van der Waals surface area contributed by atoms with Crippen molar-refractivity contribution in [3.8, 4) is 5.69 Å². The van der Waals surface area contributed by atoms with E-state index in [4.69, 9.17) is 17.0 Å². The first-order valence-electron chi connectivity index (χ1n) is 10.7. The van der Waals surface area contributed by atoms with E-state index in [0.717, 1.165) is 34.4 Å². The van der Waals surface area contributed by atoms with Gasteiger partial charge in [0.1, 0.15) is 0 Å². The maximum Gasteiger partial charge on any atom is 0.338 e. The Balaban J connectivity index is 1.64. The minimum Gasteiger partial charge on any atom is -0.462 e. The number of nitro benzene ring substituents is 1. The Bertz CT molecular complexity index is 1390. The summed E-state index contributed by atoms with van der Waals surface area (Å²) in [7, 11) is 0. The van der Waals surface area contributed by atoms with Gasteiger partial charge in [0.25, 0.3) is 11.6 Å². The standard InChI is InChI=1S/C25H21N3O5S2/c1-4-33-24(30)17-8-10-19(11-9-17)26-15(2)12-18(16(26)3)13-22-23(29)27(25(34)35-22)20-6-5-7-21(14-20)28(31)32/h5-14H,4H2,1-3H3/b22-13+. The maximum atomic E-state index is 13.2. The number of non-ortho nitro benzene ring substituents is 1. The molecule has 3 aromatic rings. The molecule has 0 N–H and O–H groups in total. The molecule has 0 unspecified atom stereocenters. The smallest absolute Gasteiger partial charge is 0.338 e. The molecule has 1 aliphatic rings. The van der Waals surface area contributed by atoms with Gasteiger partial charge in [-0.05, 0) is 68.8 Å². The molecule has 1 amide bonds. The highest BCUT2D eigenvalue weighted by molar-refractivity contribution is 8.27. The highest BCUT2D eigenvalue weighted by Gasteiger charge is 2.34. The SMILES string of the molecule is CCOC(=O)c1ccc(-n2c(C)cc(/C=C3/SC(=S)N(c4cccc([N+](=O)[O-])c4)C3=O)c2C)cc1. The van der Waals surface area contributed by atoms with E-state index >= 15 is 0 Å². The number of amides is 1. The summed E-state index contributed by atoms with van der Waals surface area (Å²) in [6.07, 6.45) is 1.78. The molecule has 10 heteroatoms.